The summed E-state index contributed by atoms with van der Waals surface area (Å²) in [6.45, 7) is 1.72. The Balaban J connectivity index is 2.71. The minimum Gasteiger partial charge on any atom is -0.337 e. The zero-order chi connectivity index (χ0) is 10.6. The molecule has 14 heavy (non-hydrogen) atoms. The normalized spacial score (nSPS) is 11.5. The van der Waals surface area contributed by atoms with Gasteiger partial charge in [-0.2, -0.15) is 0 Å². The summed E-state index contributed by atoms with van der Waals surface area (Å²) >= 11 is 5.62. The van der Waals surface area contributed by atoms with Crippen LogP contribution in [-0.2, 0) is 0 Å². The predicted molar refractivity (Wildman–Crippen MR) is 55.0 cm³/mol. The van der Waals surface area contributed by atoms with Crippen LogP contribution in [-0.4, -0.2) is 16.9 Å². The van der Waals surface area contributed by atoms with E-state index in [0.717, 1.165) is 0 Å². The molecule has 1 aromatic heterocycles. The molecule has 0 aliphatic heterocycles. The van der Waals surface area contributed by atoms with Crippen LogP contribution in [0.4, 0.5) is 0 Å². The van der Waals surface area contributed by atoms with E-state index >= 15 is 0 Å². The van der Waals surface area contributed by atoms with Gasteiger partial charge < -0.3 is 5.32 Å². The van der Waals surface area contributed by atoms with E-state index in [0.29, 0.717) is 10.7 Å². The predicted octanol–water partition coefficient (Wildman–Crippen LogP) is 1.49. The molecule has 3 nitrogen and oxygen atoms in total. The van der Waals surface area contributed by atoms with Crippen molar-refractivity contribution in [2.75, 3.05) is 0 Å². The molecule has 0 aromatic carbocycles. The quantitative estimate of drug-likeness (QED) is 0.749. The molecule has 1 unspecified atom stereocenters. The van der Waals surface area contributed by atoms with Gasteiger partial charge in [-0.15, -0.1) is 6.42 Å². The third-order valence-electron chi connectivity index (χ3n) is 1.56. The Kier molecular flexibility index (Phi) is 3.49. The summed E-state index contributed by atoms with van der Waals surface area (Å²) in [5.74, 6) is 2.09. The van der Waals surface area contributed by atoms with Crippen LogP contribution in [0.5, 0.6) is 0 Å². The van der Waals surface area contributed by atoms with Crippen LogP contribution in [0.3, 0.4) is 0 Å². The van der Waals surface area contributed by atoms with Crippen LogP contribution in [0.25, 0.3) is 0 Å². The van der Waals surface area contributed by atoms with Crippen LogP contribution in [0.2, 0.25) is 5.02 Å². The molecule has 72 valence electrons. The molecule has 4 heteroatoms. The van der Waals surface area contributed by atoms with Crippen LogP contribution in [0.15, 0.2) is 18.3 Å². The molecule has 0 radical (unpaired) electrons. The molecule has 0 saturated heterocycles. The lowest BCUT2D eigenvalue weighted by molar-refractivity contribution is 0.0943. The van der Waals surface area contributed by atoms with Gasteiger partial charge in [0.25, 0.3) is 5.91 Å². The molecule has 0 aliphatic carbocycles. The number of nitrogens with zero attached hydrogens (tertiary/aromatic N) is 1. The lowest BCUT2D eigenvalue weighted by Crippen LogP contribution is -2.31. The molecular weight excluding hydrogens is 200 g/mol. The molecular formula is C10H9ClN2O. The number of hydrogen-bond acceptors (Lipinski definition) is 2. The van der Waals surface area contributed by atoms with Gasteiger partial charge in [-0.3, -0.25) is 4.79 Å². The molecule has 0 spiro atoms. The smallest absolute Gasteiger partial charge is 0.270 e. The summed E-state index contributed by atoms with van der Waals surface area (Å²) in [5, 5.41) is 3.08. The third kappa shape index (κ3) is 2.75. The Hall–Kier alpha value is -1.53. The van der Waals surface area contributed by atoms with Gasteiger partial charge in [0.1, 0.15) is 5.69 Å². The fraction of sp³-hybridized carbons (Fsp3) is 0.200. The van der Waals surface area contributed by atoms with Gasteiger partial charge in [0.05, 0.1) is 11.1 Å². The Bertz CT molecular complexity index is 367. The van der Waals surface area contributed by atoms with Crippen molar-refractivity contribution in [3.05, 3.63) is 29.0 Å². The first kappa shape index (κ1) is 10.6. The fourth-order valence-electron chi connectivity index (χ4n) is 0.822. The molecule has 1 atom stereocenters. The van der Waals surface area contributed by atoms with E-state index in [1.54, 1.807) is 19.1 Å². The fourth-order valence-corrected chi connectivity index (χ4v) is 0.934. The third-order valence-corrected chi connectivity index (χ3v) is 1.78. The first-order valence-corrected chi connectivity index (χ1v) is 4.40. The molecule has 0 fully saturated rings. The molecule has 1 amide bonds. The SMILES string of the molecule is C#CC(C)NC(=O)c1ccc(Cl)cn1. The van der Waals surface area contributed by atoms with Gasteiger partial charge in [0, 0.05) is 6.20 Å². The highest BCUT2D eigenvalue weighted by Gasteiger charge is 2.08. The minimum absolute atomic E-state index is 0.299. The number of halogens is 1. The maximum absolute atomic E-state index is 11.4. The summed E-state index contributed by atoms with van der Waals surface area (Å²) in [6.07, 6.45) is 6.53. The number of pyridine rings is 1. The molecule has 1 N–H and O–H groups in total. The van der Waals surface area contributed by atoms with Crippen LogP contribution in [0.1, 0.15) is 17.4 Å². The number of hydrogen-bond donors (Lipinski definition) is 1. The van der Waals surface area contributed by atoms with E-state index in [4.69, 9.17) is 18.0 Å². The summed E-state index contributed by atoms with van der Waals surface area (Å²) in [7, 11) is 0. The number of carbonyl (C=O) groups excluding carboxylic acids is 1. The second-order valence-electron chi connectivity index (χ2n) is 2.72. The number of carbonyl (C=O) groups is 1. The van der Waals surface area contributed by atoms with Crippen molar-refractivity contribution in [3.63, 3.8) is 0 Å². The van der Waals surface area contributed by atoms with Crippen molar-refractivity contribution in [1.29, 1.82) is 0 Å². The largest absolute Gasteiger partial charge is 0.337 e. The second kappa shape index (κ2) is 4.64. The Morgan fingerprint density at radius 2 is 2.43 bits per heavy atom. The number of aromatic nitrogens is 1. The summed E-state index contributed by atoms with van der Waals surface area (Å²) in [6, 6.07) is 2.84. The van der Waals surface area contributed by atoms with Gasteiger partial charge in [0.15, 0.2) is 0 Å². The highest BCUT2D eigenvalue weighted by molar-refractivity contribution is 6.30. The van der Waals surface area contributed by atoms with E-state index < -0.39 is 0 Å². The minimum atomic E-state index is -0.306. The summed E-state index contributed by atoms with van der Waals surface area (Å²) in [5.41, 5.74) is 0.302. The Morgan fingerprint density at radius 3 is 2.93 bits per heavy atom. The Labute approximate surface area is 87.5 Å². The first-order chi connectivity index (χ1) is 6.63. The van der Waals surface area contributed by atoms with Crippen LogP contribution in [0, 0.1) is 12.3 Å². The van der Waals surface area contributed by atoms with Crippen molar-refractivity contribution in [3.8, 4) is 12.3 Å². The molecule has 1 aromatic rings. The molecule has 1 heterocycles. The van der Waals surface area contributed by atoms with E-state index in [9.17, 15) is 4.79 Å². The average Bonchev–Trinajstić information content (AvgIpc) is 2.18. The Morgan fingerprint density at radius 1 is 1.71 bits per heavy atom. The van der Waals surface area contributed by atoms with E-state index in [1.165, 1.54) is 6.20 Å². The van der Waals surface area contributed by atoms with Crippen molar-refractivity contribution >= 4 is 17.5 Å². The van der Waals surface area contributed by atoms with Gasteiger partial charge in [-0.25, -0.2) is 4.98 Å². The topological polar surface area (TPSA) is 42.0 Å². The van der Waals surface area contributed by atoms with Crippen molar-refractivity contribution in [2.24, 2.45) is 0 Å². The molecule has 1 rings (SSSR count). The molecule has 0 bridgehead atoms. The lowest BCUT2D eigenvalue weighted by atomic mass is 10.3. The standard InChI is InChI=1S/C10H9ClN2O/c1-3-7(2)13-10(14)9-5-4-8(11)6-12-9/h1,4-7H,2H3,(H,13,14). The number of amides is 1. The summed E-state index contributed by atoms with van der Waals surface area (Å²) < 4.78 is 0. The monoisotopic (exact) mass is 208 g/mol. The van der Waals surface area contributed by atoms with Crippen LogP contribution < -0.4 is 5.32 Å². The second-order valence-corrected chi connectivity index (χ2v) is 3.16. The number of nitrogens with one attached hydrogen (secondary N) is 1. The summed E-state index contributed by atoms with van der Waals surface area (Å²) in [4.78, 5) is 15.3. The van der Waals surface area contributed by atoms with Gasteiger partial charge in [-0.1, -0.05) is 17.5 Å². The van der Waals surface area contributed by atoms with Crippen molar-refractivity contribution < 1.29 is 4.79 Å². The van der Waals surface area contributed by atoms with Gasteiger partial charge in [0.2, 0.25) is 0 Å². The maximum Gasteiger partial charge on any atom is 0.270 e. The van der Waals surface area contributed by atoms with Crippen LogP contribution >= 0.6 is 11.6 Å². The van der Waals surface area contributed by atoms with E-state index in [1.807, 2.05) is 0 Å². The average molecular weight is 209 g/mol. The van der Waals surface area contributed by atoms with E-state index in [2.05, 4.69) is 16.2 Å². The highest BCUT2D eigenvalue weighted by atomic mass is 35.5. The molecule has 0 saturated carbocycles. The van der Waals surface area contributed by atoms with Gasteiger partial charge >= 0.3 is 0 Å². The number of rotatable bonds is 2. The zero-order valence-electron chi connectivity index (χ0n) is 7.62. The van der Waals surface area contributed by atoms with Crippen molar-refractivity contribution in [1.82, 2.24) is 10.3 Å². The number of terminal acetylenes is 1. The zero-order valence-corrected chi connectivity index (χ0v) is 8.38. The van der Waals surface area contributed by atoms with Gasteiger partial charge in [-0.05, 0) is 19.1 Å². The lowest BCUT2D eigenvalue weighted by Gasteiger charge is -2.06. The van der Waals surface area contributed by atoms with E-state index in [-0.39, 0.29) is 11.9 Å². The highest BCUT2D eigenvalue weighted by Crippen LogP contribution is 2.05. The van der Waals surface area contributed by atoms with Crippen molar-refractivity contribution in [2.45, 2.75) is 13.0 Å². The first-order valence-electron chi connectivity index (χ1n) is 4.02. The maximum atomic E-state index is 11.4. The molecule has 0 aliphatic rings.